The number of benzene rings is 2. The normalized spacial score (nSPS) is 13.1. The van der Waals surface area contributed by atoms with Crippen LogP contribution in [0.3, 0.4) is 0 Å². The molecule has 0 fully saturated rings. The Morgan fingerprint density at radius 1 is 1.21 bits per heavy atom. The van der Waals surface area contributed by atoms with Crippen LogP contribution in [0, 0.1) is 0 Å². The van der Waals surface area contributed by atoms with E-state index in [2.05, 4.69) is 12.1 Å². The van der Waals surface area contributed by atoms with Crippen LogP contribution < -0.4 is 10.2 Å². The van der Waals surface area contributed by atoms with E-state index in [9.17, 15) is 5.02 Å². The Morgan fingerprint density at radius 2 is 2.05 bits per heavy atom. The zero-order chi connectivity index (χ0) is 13.4. The van der Waals surface area contributed by atoms with Gasteiger partial charge in [0.05, 0.1) is 14.2 Å². The highest BCUT2D eigenvalue weighted by molar-refractivity contribution is 6.49. The minimum Gasteiger partial charge on any atom is -0.501 e. The second-order valence-electron chi connectivity index (χ2n) is 4.54. The Morgan fingerprint density at radius 3 is 2.74 bits per heavy atom. The molecular weight excluding hydrogens is 239 g/mol. The topological polar surface area (TPSA) is 38.7 Å². The van der Waals surface area contributed by atoms with E-state index in [4.69, 9.17) is 9.47 Å². The van der Waals surface area contributed by atoms with Crippen LogP contribution in [0.1, 0.15) is 11.1 Å². The summed E-state index contributed by atoms with van der Waals surface area (Å²) in [6, 6.07) is 8.13. The van der Waals surface area contributed by atoms with Crippen molar-refractivity contribution in [3.8, 4) is 5.75 Å². The van der Waals surface area contributed by atoms with Gasteiger partial charge in [0, 0.05) is 6.42 Å². The summed E-state index contributed by atoms with van der Waals surface area (Å²) in [4.78, 5) is 0. The van der Waals surface area contributed by atoms with Crippen LogP contribution in [-0.2, 0) is 11.2 Å². The van der Waals surface area contributed by atoms with Crippen molar-refractivity contribution in [2.24, 2.45) is 0 Å². The van der Waals surface area contributed by atoms with Gasteiger partial charge in [-0.15, -0.1) is 0 Å². The summed E-state index contributed by atoms with van der Waals surface area (Å²) in [5.41, 5.74) is 2.85. The monoisotopic (exact) mass is 253 g/mol. The van der Waals surface area contributed by atoms with Gasteiger partial charge in [-0.2, -0.15) is 0 Å². The van der Waals surface area contributed by atoms with Crippen LogP contribution in [0.5, 0.6) is 5.75 Å². The molecule has 0 aliphatic heterocycles. The van der Waals surface area contributed by atoms with E-state index in [1.54, 1.807) is 14.2 Å². The standard InChI is InChI=1S/C15H14BO3/c1-18-11-6-9-4-3-5-10-7-13(19-2)15(16-17)12(8-11)14(9)10/h3-5,7-8,17H,6H2,1-2H3. The first-order valence-corrected chi connectivity index (χ1v) is 6.13. The molecule has 4 heteroatoms. The van der Waals surface area contributed by atoms with Gasteiger partial charge in [-0.1, -0.05) is 18.2 Å². The second-order valence-corrected chi connectivity index (χ2v) is 4.54. The van der Waals surface area contributed by atoms with Crippen molar-refractivity contribution >= 4 is 29.8 Å². The Kier molecular flexibility index (Phi) is 2.95. The number of methoxy groups -OCH3 is 2. The predicted molar refractivity (Wildman–Crippen MR) is 76.8 cm³/mol. The van der Waals surface area contributed by atoms with E-state index >= 15 is 0 Å². The minimum absolute atomic E-state index is 0.663. The molecule has 1 radical (unpaired) electrons. The molecule has 0 atom stereocenters. The van der Waals surface area contributed by atoms with Crippen molar-refractivity contribution in [3.05, 3.63) is 41.2 Å². The molecule has 1 aliphatic rings. The van der Waals surface area contributed by atoms with Crippen molar-refractivity contribution in [2.45, 2.75) is 6.42 Å². The molecule has 0 bridgehead atoms. The van der Waals surface area contributed by atoms with Crippen molar-refractivity contribution in [1.82, 2.24) is 0 Å². The molecule has 0 spiro atoms. The van der Waals surface area contributed by atoms with Crippen LogP contribution in [-0.4, -0.2) is 26.7 Å². The third kappa shape index (κ3) is 1.80. The molecule has 0 saturated heterocycles. The third-order valence-electron chi connectivity index (χ3n) is 3.58. The molecule has 19 heavy (non-hydrogen) atoms. The van der Waals surface area contributed by atoms with E-state index in [0.29, 0.717) is 11.2 Å². The lowest BCUT2D eigenvalue weighted by molar-refractivity contribution is 0.287. The molecule has 1 aliphatic carbocycles. The lowest BCUT2D eigenvalue weighted by atomic mass is 9.78. The molecule has 3 rings (SSSR count). The number of hydrogen-bond donors (Lipinski definition) is 1. The molecule has 2 aromatic rings. The van der Waals surface area contributed by atoms with Crippen LogP contribution in [0.25, 0.3) is 16.8 Å². The van der Waals surface area contributed by atoms with Gasteiger partial charge in [-0.25, -0.2) is 0 Å². The Hall–Kier alpha value is -1.94. The van der Waals surface area contributed by atoms with Crippen molar-refractivity contribution in [2.75, 3.05) is 14.2 Å². The average molecular weight is 253 g/mol. The summed E-state index contributed by atoms with van der Waals surface area (Å²) < 4.78 is 10.7. The fraction of sp³-hybridized carbons (Fsp3) is 0.200. The number of allylic oxidation sites excluding steroid dienone is 1. The van der Waals surface area contributed by atoms with Gasteiger partial charge in [-0.05, 0) is 39.5 Å². The maximum Gasteiger partial charge on any atom is 0.331 e. The molecule has 0 aromatic heterocycles. The van der Waals surface area contributed by atoms with Crippen molar-refractivity contribution < 1.29 is 14.5 Å². The maximum atomic E-state index is 9.52. The largest absolute Gasteiger partial charge is 0.501 e. The highest BCUT2D eigenvalue weighted by atomic mass is 16.5. The summed E-state index contributed by atoms with van der Waals surface area (Å²) in [5.74, 6) is 1.55. The van der Waals surface area contributed by atoms with Gasteiger partial charge in [0.2, 0.25) is 0 Å². The first-order chi connectivity index (χ1) is 9.28. The molecule has 3 nitrogen and oxygen atoms in total. The van der Waals surface area contributed by atoms with Crippen molar-refractivity contribution in [3.63, 3.8) is 0 Å². The fourth-order valence-corrected chi connectivity index (χ4v) is 2.69. The fourth-order valence-electron chi connectivity index (χ4n) is 2.69. The summed E-state index contributed by atoms with van der Waals surface area (Å²) in [6.45, 7) is 0. The quantitative estimate of drug-likeness (QED) is 0.845. The van der Waals surface area contributed by atoms with Crippen LogP contribution >= 0.6 is 0 Å². The highest BCUT2D eigenvalue weighted by Gasteiger charge is 2.20. The second kappa shape index (κ2) is 4.63. The zero-order valence-corrected chi connectivity index (χ0v) is 10.9. The van der Waals surface area contributed by atoms with E-state index in [1.165, 1.54) is 5.56 Å². The minimum atomic E-state index is 0.663. The smallest absolute Gasteiger partial charge is 0.331 e. The molecule has 95 valence electrons. The summed E-state index contributed by atoms with van der Waals surface area (Å²) in [6.07, 6.45) is 2.75. The summed E-state index contributed by atoms with van der Waals surface area (Å²) >= 11 is 0. The molecule has 2 aromatic carbocycles. The van der Waals surface area contributed by atoms with Crippen molar-refractivity contribution in [1.29, 1.82) is 0 Å². The number of hydrogen-bond acceptors (Lipinski definition) is 3. The third-order valence-corrected chi connectivity index (χ3v) is 3.58. The van der Waals surface area contributed by atoms with Crippen LogP contribution in [0.4, 0.5) is 0 Å². The maximum absolute atomic E-state index is 9.52. The molecule has 0 amide bonds. The highest BCUT2D eigenvalue weighted by Crippen LogP contribution is 2.33. The first-order valence-electron chi connectivity index (χ1n) is 6.13. The zero-order valence-electron chi connectivity index (χ0n) is 10.9. The van der Waals surface area contributed by atoms with Gasteiger partial charge < -0.3 is 14.5 Å². The van der Waals surface area contributed by atoms with Gasteiger partial charge in [-0.3, -0.25) is 0 Å². The Balaban J connectivity index is 2.41. The number of ether oxygens (including phenoxy) is 2. The van der Waals surface area contributed by atoms with Gasteiger partial charge >= 0.3 is 7.48 Å². The van der Waals surface area contributed by atoms with Crippen LogP contribution in [0.2, 0.25) is 0 Å². The average Bonchev–Trinajstić information content (AvgIpc) is 2.46. The summed E-state index contributed by atoms with van der Waals surface area (Å²) in [5, 5.41) is 11.8. The number of rotatable bonds is 3. The molecular formula is C15H14BO3. The SMILES string of the molecule is COC1=Cc2c([B]O)c(OC)cc3cccc(c23)C1. The van der Waals surface area contributed by atoms with Gasteiger partial charge in [0.1, 0.15) is 11.5 Å². The molecule has 0 heterocycles. The van der Waals surface area contributed by atoms with Gasteiger partial charge in [0.15, 0.2) is 0 Å². The Bertz CT molecular complexity index is 677. The first kappa shape index (κ1) is 12.1. The van der Waals surface area contributed by atoms with Crippen LogP contribution in [0.15, 0.2) is 30.0 Å². The molecule has 0 unspecified atom stereocenters. The van der Waals surface area contributed by atoms with E-state index in [0.717, 1.165) is 36.0 Å². The predicted octanol–water partition coefficient (Wildman–Crippen LogP) is 1.63. The molecule has 0 saturated carbocycles. The van der Waals surface area contributed by atoms with E-state index in [1.807, 2.05) is 18.2 Å². The van der Waals surface area contributed by atoms with Gasteiger partial charge in [0.25, 0.3) is 0 Å². The lowest BCUT2D eigenvalue weighted by Crippen LogP contribution is -2.22. The lowest BCUT2D eigenvalue weighted by Gasteiger charge is -2.21. The van der Waals surface area contributed by atoms with E-state index < -0.39 is 0 Å². The summed E-state index contributed by atoms with van der Waals surface area (Å²) in [7, 11) is 4.37. The van der Waals surface area contributed by atoms with E-state index in [-0.39, 0.29) is 0 Å². The Labute approximate surface area is 112 Å². The molecule has 1 N–H and O–H groups in total.